The van der Waals surface area contributed by atoms with Gasteiger partial charge in [-0.1, -0.05) is 30.7 Å². The standard InChI is InChI=1S/C20H23ClN4/c1-14-3-2-10-24(11-14)13-18-20(15-4-6-16(21)7-5-15)23-19-9-8-17(22)12-25(18)19/h4-9,12,14H,2-3,10-11,13,22H2,1H3. The SMILES string of the molecule is CC1CCCN(Cc2c(-c3ccc(Cl)cc3)nc3ccc(N)cn23)C1. The third kappa shape index (κ3) is 3.37. The van der Waals surface area contributed by atoms with Crippen LogP contribution in [0.25, 0.3) is 16.9 Å². The molecule has 0 bridgehead atoms. The molecule has 1 atom stereocenters. The van der Waals surface area contributed by atoms with Crippen LogP contribution < -0.4 is 5.73 Å². The molecule has 0 saturated carbocycles. The van der Waals surface area contributed by atoms with Crippen molar-refractivity contribution in [1.82, 2.24) is 14.3 Å². The Kier molecular flexibility index (Phi) is 4.40. The first-order valence-electron chi connectivity index (χ1n) is 8.85. The minimum Gasteiger partial charge on any atom is -0.398 e. The van der Waals surface area contributed by atoms with Gasteiger partial charge >= 0.3 is 0 Å². The molecule has 4 rings (SSSR count). The van der Waals surface area contributed by atoms with Gasteiger partial charge < -0.3 is 10.1 Å². The van der Waals surface area contributed by atoms with Crippen LogP contribution >= 0.6 is 11.6 Å². The minimum absolute atomic E-state index is 0.739. The van der Waals surface area contributed by atoms with Crippen LogP contribution in [0.2, 0.25) is 5.02 Å². The van der Waals surface area contributed by atoms with Gasteiger partial charge in [-0.3, -0.25) is 4.90 Å². The summed E-state index contributed by atoms with van der Waals surface area (Å²) in [4.78, 5) is 7.40. The molecule has 130 valence electrons. The maximum atomic E-state index is 6.06. The van der Waals surface area contributed by atoms with E-state index >= 15 is 0 Å². The first-order chi connectivity index (χ1) is 12.1. The molecule has 4 nitrogen and oxygen atoms in total. The van der Waals surface area contributed by atoms with Gasteiger partial charge in [0.05, 0.1) is 11.4 Å². The number of hydrogen-bond acceptors (Lipinski definition) is 3. The third-order valence-corrected chi connectivity index (χ3v) is 5.22. The fourth-order valence-electron chi connectivity index (χ4n) is 3.74. The fourth-order valence-corrected chi connectivity index (χ4v) is 3.87. The number of likely N-dealkylation sites (tertiary alicyclic amines) is 1. The molecule has 0 aliphatic carbocycles. The van der Waals surface area contributed by atoms with Crippen LogP contribution in [0.5, 0.6) is 0 Å². The lowest BCUT2D eigenvalue weighted by atomic mass is 10.00. The molecule has 1 aliphatic rings. The first kappa shape index (κ1) is 16.4. The zero-order valence-corrected chi connectivity index (χ0v) is 15.2. The van der Waals surface area contributed by atoms with E-state index in [2.05, 4.69) is 16.2 Å². The molecule has 0 spiro atoms. The van der Waals surface area contributed by atoms with E-state index in [1.807, 2.05) is 42.6 Å². The minimum atomic E-state index is 0.739. The predicted octanol–water partition coefficient (Wildman–Crippen LogP) is 4.47. The van der Waals surface area contributed by atoms with Gasteiger partial charge in [0.1, 0.15) is 5.65 Å². The summed E-state index contributed by atoms with van der Waals surface area (Å²) in [7, 11) is 0. The van der Waals surface area contributed by atoms with Gasteiger partial charge in [0, 0.05) is 35.6 Å². The number of pyridine rings is 1. The maximum absolute atomic E-state index is 6.06. The quantitative estimate of drug-likeness (QED) is 0.754. The summed E-state index contributed by atoms with van der Waals surface area (Å²) >= 11 is 6.06. The summed E-state index contributed by atoms with van der Waals surface area (Å²) in [5.41, 5.74) is 11.0. The number of imidazole rings is 1. The molecule has 5 heteroatoms. The molecule has 3 heterocycles. The monoisotopic (exact) mass is 354 g/mol. The van der Waals surface area contributed by atoms with Crippen LogP contribution in [0.15, 0.2) is 42.6 Å². The molecule has 0 radical (unpaired) electrons. The normalized spacial score (nSPS) is 18.7. The Morgan fingerprint density at radius 1 is 1.20 bits per heavy atom. The summed E-state index contributed by atoms with van der Waals surface area (Å²) < 4.78 is 2.14. The third-order valence-electron chi connectivity index (χ3n) is 4.97. The fraction of sp³-hybridized carbons (Fsp3) is 0.350. The second-order valence-electron chi connectivity index (χ2n) is 7.09. The van der Waals surface area contributed by atoms with E-state index in [0.29, 0.717) is 0 Å². The van der Waals surface area contributed by atoms with Gasteiger partial charge in [0.2, 0.25) is 0 Å². The molecule has 1 aliphatic heterocycles. The topological polar surface area (TPSA) is 46.6 Å². The Morgan fingerprint density at radius 2 is 2.00 bits per heavy atom. The number of nitrogens with two attached hydrogens (primary N) is 1. The lowest BCUT2D eigenvalue weighted by Gasteiger charge is -2.30. The molecule has 3 aromatic rings. The van der Waals surface area contributed by atoms with Crippen molar-refractivity contribution in [2.45, 2.75) is 26.3 Å². The highest BCUT2D eigenvalue weighted by Gasteiger charge is 2.21. The summed E-state index contributed by atoms with van der Waals surface area (Å²) in [6.07, 6.45) is 4.56. The van der Waals surface area contributed by atoms with Gasteiger partial charge in [0.15, 0.2) is 0 Å². The number of rotatable bonds is 3. The second-order valence-corrected chi connectivity index (χ2v) is 7.52. The number of anilines is 1. The number of halogens is 1. The van der Waals surface area contributed by atoms with E-state index < -0.39 is 0 Å². The van der Waals surface area contributed by atoms with Crippen LogP contribution in [0.1, 0.15) is 25.5 Å². The van der Waals surface area contributed by atoms with Crippen molar-refractivity contribution in [2.24, 2.45) is 5.92 Å². The van der Waals surface area contributed by atoms with Crippen molar-refractivity contribution in [3.8, 4) is 11.3 Å². The zero-order chi connectivity index (χ0) is 17.4. The lowest BCUT2D eigenvalue weighted by molar-refractivity contribution is 0.174. The van der Waals surface area contributed by atoms with Crippen molar-refractivity contribution < 1.29 is 0 Å². The van der Waals surface area contributed by atoms with Crippen molar-refractivity contribution >= 4 is 22.9 Å². The van der Waals surface area contributed by atoms with E-state index in [0.717, 1.165) is 53.2 Å². The molecule has 1 fully saturated rings. The van der Waals surface area contributed by atoms with Crippen LogP contribution in [0.3, 0.4) is 0 Å². The second kappa shape index (κ2) is 6.70. The molecule has 25 heavy (non-hydrogen) atoms. The number of nitrogen functional groups attached to an aromatic ring is 1. The van der Waals surface area contributed by atoms with Crippen LogP contribution in [0, 0.1) is 5.92 Å². The number of benzene rings is 1. The average molecular weight is 355 g/mol. The molecule has 1 saturated heterocycles. The van der Waals surface area contributed by atoms with Gasteiger partial charge in [-0.15, -0.1) is 0 Å². The Morgan fingerprint density at radius 3 is 2.76 bits per heavy atom. The van der Waals surface area contributed by atoms with Crippen LogP contribution in [0.4, 0.5) is 5.69 Å². The Balaban J connectivity index is 1.79. The first-order valence-corrected chi connectivity index (χ1v) is 9.23. The molecule has 0 amide bonds. The van der Waals surface area contributed by atoms with Crippen LogP contribution in [-0.4, -0.2) is 27.4 Å². The summed E-state index contributed by atoms with van der Waals surface area (Å²) in [5, 5.41) is 0.739. The summed E-state index contributed by atoms with van der Waals surface area (Å²) in [6, 6.07) is 11.8. The average Bonchev–Trinajstić information content (AvgIpc) is 2.93. The van der Waals surface area contributed by atoms with Crippen molar-refractivity contribution in [2.75, 3.05) is 18.8 Å². The van der Waals surface area contributed by atoms with E-state index in [1.165, 1.54) is 18.5 Å². The Labute approximate surface area is 153 Å². The smallest absolute Gasteiger partial charge is 0.137 e. The highest BCUT2D eigenvalue weighted by atomic mass is 35.5. The summed E-state index contributed by atoms with van der Waals surface area (Å²) in [6.45, 7) is 5.49. The van der Waals surface area contributed by atoms with Crippen molar-refractivity contribution in [3.05, 3.63) is 53.3 Å². The van der Waals surface area contributed by atoms with Crippen LogP contribution in [-0.2, 0) is 6.54 Å². The zero-order valence-electron chi connectivity index (χ0n) is 14.5. The largest absolute Gasteiger partial charge is 0.398 e. The molecule has 2 N–H and O–H groups in total. The molecule has 1 aromatic carbocycles. The van der Waals surface area contributed by atoms with Gasteiger partial charge in [-0.25, -0.2) is 4.98 Å². The molecular formula is C20H23ClN4. The number of nitrogens with zero attached hydrogens (tertiary/aromatic N) is 3. The van der Waals surface area contributed by atoms with E-state index in [1.54, 1.807) is 0 Å². The number of piperidine rings is 1. The molecule has 1 unspecified atom stereocenters. The van der Waals surface area contributed by atoms with E-state index in [9.17, 15) is 0 Å². The van der Waals surface area contributed by atoms with Gasteiger partial charge in [-0.2, -0.15) is 0 Å². The summed E-state index contributed by atoms with van der Waals surface area (Å²) in [5.74, 6) is 0.747. The van der Waals surface area contributed by atoms with Crippen molar-refractivity contribution in [1.29, 1.82) is 0 Å². The molecular weight excluding hydrogens is 332 g/mol. The Hall–Kier alpha value is -2.04. The van der Waals surface area contributed by atoms with Gasteiger partial charge in [0.25, 0.3) is 0 Å². The number of aromatic nitrogens is 2. The maximum Gasteiger partial charge on any atom is 0.137 e. The Bertz CT molecular complexity index is 885. The number of fused-ring (bicyclic) bond motifs is 1. The van der Waals surface area contributed by atoms with E-state index in [4.69, 9.17) is 22.3 Å². The highest BCUT2D eigenvalue weighted by molar-refractivity contribution is 6.30. The van der Waals surface area contributed by atoms with Gasteiger partial charge in [-0.05, 0) is 49.6 Å². The van der Waals surface area contributed by atoms with Crippen molar-refractivity contribution in [3.63, 3.8) is 0 Å². The van der Waals surface area contributed by atoms with E-state index in [-0.39, 0.29) is 0 Å². The lowest BCUT2D eigenvalue weighted by Crippen LogP contribution is -2.34. The molecule has 2 aromatic heterocycles. The number of hydrogen-bond donors (Lipinski definition) is 1. The predicted molar refractivity (Wildman–Crippen MR) is 104 cm³/mol. The highest BCUT2D eigenvalue weighted by Crippen LogP contribution is 2.28.